The molecule has 1 aliphatic rings. The molecule has 1 unspecified atom stereocenters. The fourth-order valence-corrected chi connectivity index (χ4v) is 7.44. The van der Waals surface area contributed by atoms with Crippen LogP contribution < -0.4 is 4.74 Å². The van der Waals surface area contributed by atoms with Crippen molar-refractivity contribution in [2.75, 3.05) is 0 Å². The number of hydrogen-bond donors (Lipinski definition) is 0. The molecule has 1 heterocycles. The number of rotatable bonds is 7. The van der Waals surface area contributed by atoms with E-state index in [1.807, 2.05) is 65.0 Å². The quantitative estimate of drug-likeness (QED) is 0.407. The molecule has 2 aromatic rings. The molecule has 0 aromatic heterocycles. The molecule has 7 heteroatoms. The van der Waals surface area contributed by atoms with Gasteiger partial charge in [0.1, 0.15) is 23.0 Å². The van der Waals surface area contributed by atoms with Crippen LogP contribution in [0.4, 0.5) is 0 Å². The minimum atomic E-state index is -4.09. The monoisotopic (exact) mass is 529 g/mol. The molecule has 0 radical (unpaired) electrons. The van der Waals surface area contributed by atoms with E-state index >= 15 is 0 Å². The van der Waals surface area contributed by atoms with Gasteiger partial charge in [0.05, 0.1) is 4.90 Å². The van der Waals surface area contributed by atoms with Crippen molar-refractivity contribution < 1.29 is 22.7 Å². The summed E-state index contributed by atoms with van der Waals surface area (Å²) in [6, 6.07) is 7.99. The largest absolute Gasteiger partial charge is 0.487 e. The van der Waals surface area contributed by atoms with E-state index in [1.54, 1.807) is 20.8 Å². The first-order valence-corrected chi connectivity index (χ1v) is 14.5. The van der Waals surface area contributed by atoms with Gasteiger partial charge in [-0.25, -0.2) is 8.42 Å². The van der Waals surface area contributed by atoms with Crippen LogP contribution in [0.2, 0.25) is 0 Å². The molecule has 0 saturated heterocycles. The first-order chi connectivity index (χ1) is 17.0. The van der Waals surface area contributed by atoms with E-state index < -0.39 is 33.7 Å². The van der Waals surface area contributed by atoms with Crippen LogP contribution >= 0.6 is 0 Å². The summed E-state index contributed by atoms with van der Waals surface area (Å²) in [6.45, 7) is 18.7. The standard InChI is InChI=1S/C30H43NO5S/c1-19(2)31(25(28(32)36-29(6,7)8)18-23-14-12-11-13-15-23)37(33,34)27-21(4)20(3)26-24(22(27)5)16-17-30(9,10)35-26/h11-15,19,25H,16-18H2,1-10H3. The highest BCUT2D eigenvalue weighted by molar-refractivity contribution is 7.89. The van der Waals surface area contributed by atoms with Crippen LogP contribution in [0, 0.1) is 20.8 Å². The molecule has 0 spiro atoms. The van der Waals surface area contributed by atoms with E-state index in [1.165, 1.54) is 4.31 Å². The third-order valence-electron chi connectivity index (χ3n) is 6.97. The van der Waals surface area contributed by atoms with Crippen molar-refractivity contribution in [2.45, 2.75) is 117 Å². The number of hydrogen-bond acceptors (Lipinski definition) is 5. The topological polar surface area (TPSA) is 72.9 Å². The van der Waals surface area contributed by atoms with Crippen molar-refractivity contribution >= 4 is 16.0 Å². The van der Waals surface area contributed by atoms with Gasteiger partial charge in [0.2, 0.25) is 10.0 Å². The number of nitrogens with zero attached hydrogens (tertiary/aromatic N) is 1. The van der Waals surface area contributed by atoms with Crippen molar-refractivity contribution in [3.05, 3.63) is 58.1 Å². The number of fused-ring (bicyclic) bond motifs is 1. The zero-order valence-corrected chi connectivity index (χ0v) is 24.9. The second-order valence-corrected chi connectivity index (χ2v) is 13.8. The van der Waals surface area contributed by atoms with Crippen LogP contribution in [0.15, 0.2) is 35.2 Å². The van der Waals surface area contributed by atoms with E-state index in [4.69, 9.17) is 9.47 Å². The van der Waals surface area contributed by atoms with Gasteiger partial charge in [-0.05, 0) is 116 Å². The Labute approximate surface area is 223 Å². The zero-order valence-electron chi connectivity index (χ0n) is 24.1. The lowest BCUT2D eigenvalue weighted by molar-refractivity contribution is -0.160. The molecular weight excluding hydrogens is 486 g/mol. The summed E-state index contributed by atoms with van der Waals surface area (Å²) in [4.78, 5) is 13.8. The summed E-state index contributed by atoms with van der Waals surface area (Å²) in [5.41, 5.74) is 2.91. The predicted octanol–water partition coefficient (Wildman–Crippen LogP) is 6.07. The molecule has 1 atom stereocenters. The maximum absolute atomic E-state index is 14.6. The fraction of sp³-hybridized carbons (Fsp3) is 0.567. The molecule has 3 rings (SSSR count). The van der Waals surface area contributed by atoms with Crippen LogP contribution in [0.1, 0.15) is 82.7 Å². The van der Waals surface area contributed by atoms with E-state index in [9.17, 15) is 13.2 Å². The molecule has 0 amide bonds. The molecule has 1 aliphatic heterocycles. The van der Waals surface area contributed by atoms with Gasteiger partial charge in [-0.2, -0.15) is 4.31 Å². The Balaban J connectivity index is 2.20. The molecule has 37 heavy (non-hydrogen) atoms. The maximum Gasteiger partial charge on any atom is 0.325 e. The van der Waals surface area contributed by atoms with E-state index in [0.717, 1.165) is 35.3 Å². The van der Waals surface area contributed by atoms with E-state index in [-0.39, 0.29) is 16.9 Å². The molecule has 204 valence electrons. The second kappa shape index (κ2) is 10.4. The number of carbonyl (C=O) groups is 1. The highest BCUT2D eigenvalue weighted by Crippen LogP contribution is 2.43. The Morgan fingerprint density at radius 1 is 1.05 bits per heavy atom. The van der Waals surface area contributed by atoms with Crippen molar-refractivity contribution in [1.29, 1.82) is 0 Å². The lowest BCUT2D eigenvalue weighted by Gasteiger charge is -2.38. The Morgan fingerprint density at radius 2 is 1.65 bits per heavy atom. The molecule has 0 N–H and O–H groups in total. The van der Waals surface area contributed by atoms with Gasteiger partial charge in [0, 0.05) is 6.04 Å². The Kier molecular flexibility index (Phi) is 8.21. The predicted molar refractivity (Wildman–Crippen MR) is 148 cm³/mol. The first kappa shape index (κ1) is 29.2. The lowest BCUT2D eigenvalue weighted by Crippen LogP contribution is -2.52. The lowest BCUT2D eigenvalue weighted by atomic mass is 9.88. The highest BCUT2D eigenvalue weighted by Gasteiger charge is 2.43. The molecule has 2 aromatic carbocycles. The average molecular weight is 530 g/mol. The summed E-state index contributed by atoms with van der Waals surface area (Å²) in [6.07, 6.45) is 1.75. The van der Waals surface area contributed by atoms with Gasteiger partial charge in [-0.1, -0.05) is 30.3 Å². The van der Waals surface area contributed by atoms with Crippen LogP contribution in [-0.4, -0.2) is 42.0 Å². The molecule has 6 nitrogen and oxygen atoms in total. The average Bonchev–Trinajstić information content (AvgIpc) is 2.75. The van der Waals surface area contributed by atoms with E-state index in [2.05, 4.69) is 13.8 Å². The summed E-state index contributed by atoms with van der Waals surface area (Å²) in [5.74, 6) is 0.234. The van der Waals surface area contributed by atoms with Gasteiger partial charge < -0.3 is 9.47 Å². The van der Waals surface area contributed by atoms with Crippen LogP contribution in [-0.2, 0) is 32.4 Å². The number of esters is 1. The second-order valence-electron chi connectivity index (χ2n) is 12.0. The molecule has 0 bridgehead atoms. The highest BCUT2D eigenvalue weighted by atomic mass is 32.2. The van der Waals surface area contributed by atoms with Crippen molar-refractivity contribution in [2.24, 2.45) is 0 Å². The number of benzene rings is 2. The smallest absolute Gasteiger partial charge is 0.325 e. The minimum absolute atomic E-state index is 0.215. The van der Waals surface area contributed by atoms with Crippen molar-refractivity contribution in [3.8, 4) is 5.75 Å². The van der Waals surface area contributed by atoms with Crippen molar-refractivity contribution in [3.63, 3.8) is 0 Å². The normalized spacial score (nSPS) is 16.3. The number of ether oxygens (including phenoxy) is 2. The van der Waals surface area contributed by atoms with Gasteiger partial charge in [0.25, 0.3) is 0 Å². The van der Waals surface area contributed by atoms with Crippen LogP contribution in [0.3, 0.4) is 0 Å². The maximum atomic E-state index is 14.6. The Bertz CT molecular complexity index is 1260. The summed E-state index contributed by atoms with van der Waals surface area (Å²) >= 11 is 0. The number of sulfonamides is 1. The molecule has 0 aliphatic carbocycles. The molecule has 0 saturated carbocycles. The summed E-state index contributed by atoms with van der Waals surface area (Å²) in [5, 5.41) is 0. The number of carbonyl (C=O) groups excluding carboxylic acids is 1. The third-order valence-corrected chi connectivity index (χ3v) is 9.33. The third kappa shape index (κ3) is 6.20. The Morgan fingerprint density at radius 3 is 2.19 bits per heavy atom. The van der Waals surface area contributed by atoms with E-state index in [0.29, 0.717) is 11.1 Å². The van der Waals surface area contributed by atoms with Gasteiger partial charge in [0.15, 0.2) is 0 Å². The molecular formula is C30H43NO5S. The first-order valence-electron chi connectivity index (χ1n) is 13.1. The van der Waals surface area contributed by atoms with Crippen LogP contribution in [0.5, 0.6) is 5.75 Å². The fourth-order valence-electron chi connectivity index (χ4n) is 5.13. The van der Waals surface area contributed by atoms with Crippen LogP contribution in [0.25, 0.3) is 0 Å². The Hall–Kier alpha value is -2.38. The SMILES string of the molecule is Cc1c(C)c(S(=O)(=O)N(C(C)C)C(Cc2ccccc2)C(=O)OC(C)(C)C)c(C)c2c1OC(C)(C)CC2. The van der Waals surface area contributed by atoms with Gasteiger partial charge >= 0.3 is 5.97 Å². The van der Waals surface area contributed by atoms with Gasteiger partial charge in [-0.3, -0.25) is 4.79 Å². The van der Waals surface area contributed by atoms with Crippen molar-refractivity contribution in [1.82, 2.24) is 4.31 Å². The summed E-state index contributed by atoms with van der Waals surface area (Å²) < 4.78 is 42.6. The summed E-state index contributed by atoms with van der Waals surface area (Å²) in [7, 11) is -4.09. The minimum Gasteiger partial charge on any atom is -0.487 e. The molecule has 0 fully saturated rings. The van der Waals surface area contributed by atoms with Gasteiger partial charge in [-0.15, -0.1) is 0 Å². The zero-order chi connectivity index (χ0) is 27.9.